The van der Waals surface area contributed by atoms with Crippen LogP contribution in [0.4, 0.5) is 0 Å². The van der Waals surface area contributed by atoms with Crippen molar-refractivity contribution >= 4 is 0 Å². The van der Waals surface area contributed by atoms with Crippen molar-refractivity contribution < 1.29 is 0 Å². The Morgan fingerprint density at radius 3 is 2.73 bits per heavy atom. The van der Waals surface area contributed by atoms with Gasteiger partial charge in [0.25, 0.3) is 0 Å². The molecule has 3 nitrogen and oxygen atoms in total. The maximum atomic E-state index is 4.49. The highest BCUT2D eigenvalue weighted by Crippen LogP contribution is 2.06. The van der Waals surface area contributed by atoms with Crippen molar-refractivity contribution in [1.29, 1.82) is 0 Å². The SMILES string of the molecule is CNCCc1ccn(-c2ccccc2)n1. The van der Waals surface area contributed by atoms with Gasteiger partial charge in [-0.2, -0.15) is 5.10 Å². The lowest BCUT2D eigenvalue weighted by Crippen LogP contribution is -2.10. The van der Waals surface area contributed by atoms with E-state index in [1.165, 1.54) is 0 Å². The molecule has 3 heteroatoms. The summed E-state index contributed by atoms with van der Waals surface area (Å²) in [5.74, 6) is 0. The summed E-state index contributed by atoms with van der Waals surface area (Å²) in [6, 6.07) is 12.2. The minimum Gasteiger partial charge on any atom is -0.319 e. The van der Waals surface area contributed by atoms with Crippen molar-refractivity contribution in [2.24, 2.45) is 0 Å². The predicted octanol–water partition coefficient (Wildman–Crippen LogP) is 1.63. The van der Waals surface area contributed by atoms with E-state index < -0.39 is 0 Å². The molecular weight excluding hydrogens is 186 g/mol. The smallest absolute Gasteiger partial charge is 0.0645 e. The van der Waals surface area contributed by atoms with Gasteiger partial charge in [0.1, 0.15) is 0 Å². The Labute approximate surface area is 89.7 Å². The third kappa shape index (κ3) is 2.44. The van der Waals surface area contributed by atoms with Crippen LogP contribution in [-0.2, 0) is 6.42 Å². The molecule has 0 radical (unpaired) electrons. The van der Waals surface area contributed by atoms with E-state index in [9.17, 15) is 0 Å². The topological polar surface area (TPSA) is 29.9 Å². The summed E-state index contributed by atoms with van der Waals surface area (Å²) in [6.45, 7) is 0.964. The highest BCUT2D eigenvalue weighted by Gasteiger charge is 1.99. The summed E-state index contributed by atoms with van der Waals surface area (Å²) in [5, 5.41) is 7.61. The number of benzene rings is 1. The molecule has 15 heavy (non-hydrogen) atoms. The molecule has 0 spiro atoms. The van der Waals surface area contributed by atoms with Crippen LogP contribution in [0.25, 0.3) is 5.69 Å². The van der Waals surface area contributed by atoms with Crippen LogP contribution >= 0.6 is 0 Å². The Kier molecular flexibility index (Phi) is 3.15. The van der Waals surface area contributed by atoms with Gasteiger partial charge in [0, 0.05) is 19.2 Å². The standard InChI is InChI=1S/C12H15N3/c1-13-9-7-11-8-10-15(14-11)12-5-3-2-4-6-12/h2-6,8,10,13H,7,9H2,1H3. The monoisotopic (exact) mass is 201 g/mol. The lowest BCUT2D eigenvalue weighted by Gasteiger charge is -1.99. The van der Waals surface area contributed by atoms with E-state index in [2.05, 4.69) is 28.6 Å². The van der Waals surface area contributed by atoms with Gasteiger partial charge >= 0.3 is 0 Å². The van der Waals surface area contributed by atoms with Crippen molar-refractivity contribution in [3.8, 4) is 5.69 Å². The highest BCUT2D eigenvalue weighted by atomic mass is 15.3. The first-order valence-corrected chi connectivity index (χ1v) is 5.15. The van der Waals surface area contributed by atoms with Gasteiger partial charge in [0.2, 0.25) is 0 Å². The molecule has 1 N–H and O–H groups in total. The number of aromatic nitrogens is 2. The van der Waals surface area contributed by atoms with E-state index >= 15 is 0 Å². The number of hydrogen-bond donors (Lipinski definition) is 1. The van der Waals surface area contributed by atoms with Gasteiger partial charge in [-0.05, 0) is 25.2 Å². The zero-order valence-corrected chi connectivity index (χ0v) is 8.85. The largest absolute Gasteiger partial charge is 0.319 e. The molecule has 0 fully saturated rings. The van der Waals surface area contributed by atoms with Gasteiger partial charge in [-0.15, -0.1) is 0 Å². The molecule has 0 atom stereocenters. The average Bonchev–Trinajstić information content (AvgIpc) is 2.76. The molecule has 0 saturated heterocycles. The van der Waals surface area contributed by atoms with Crippen LogP contribution in [-0.4, -0.2) is 23.4 Å². The van der Waals surface area contributed by atoms with Gasteiger partial charge in [0.15, 0.2) is 0 Å². The quantitative estimate of drug-likeness (QED) is 0.815. The number of nitrogens with one attached hydrogen (secondary N) is 1. The van der Waals surface area contributed by atoms with E-state index in [1.54, 1.807) is 0 Å². The van der Waals surface area contributed by atoms with Gasteiger partial charge in [-0.25, -0.2) is 4.68 Å². The van der Waals surface area contributed by atoms with Crippen LogP contribution in [0.15, 0.2) is 42.6 Å². The first kappa shape index (κ1) is 9.93. The molecule has 0 amide bonds. The molecule has 1 aromatic carbocycles. The van der Waals surface area contributed by atoms with Gasteiger partial charge < -0.3 is 5.32 Å². The zero-order chi connectivity index (χ0) is 10.5. The third-order valence-electron chi connectivity index (χ3n) is 2.30. The van der Waals surface area contributed by atoms with Gasteiger partial charge in [-0.3, -0.25) is 0 Å². The van der Waals surface area contributed by atoms with E-state index in [0.29, 0.717) is 0 Å². The van der Waals surface area contributed by atoms with Crippen LogP contribution in [0.2, 0.25) is 0 Å². The average molecular weight is 201 g/mol. The van der Waals surface area contributed by atoms with E-state index in [1.807, 2.05) is 36.1 Å². The second-order valence-corrected chi connectivity index (χ2v) is 3.44. The Hall–Kier alpha value is -1.61. The fourth-order valence-corrected chi connectivity index (χ4v) is 1.47. The highest BCUT2D eigenvalue weighted by molar-refractivity contribution is 5.30. The number of likely N-dealkylation sites (N-methyl/N-ethyl adjacent to an activating group) is 1. The lowest BCUT2D eigenvalue weighted by molar-refractivity contribution is 0.755. The number of para-hydroxylation sites is 1. The van der Waals surface area contributed by atoms with Gasteiger partial charge in [0.05, 0.1) is 11.4 Å². The second-order valence-electron chi connectivity index (χ2n) is 3.44. The Morgan fingerprint density at radius 2 is 2.00 bits per heavy atom. The summed E-state index contributed by atoms with van der Waals surface area (Å²) >= 11 is 0. The van der Waals surface area contributed by atoms with Crippen molar-refractivity contribution in [2.75, 3.05) is 13.6 Å². The molecule has 2 rings (SSSR count). The van der Waals surface area contributed by atoms with E-state index in [0.717, 1.165) is 24.3 Å². The van der Waals surface area contributed by atoms with E-state index in [-0.39, 0.29) is 0 Å². The summed E-state index contributed by atoms with van der Waals surface area (Å²) in [5.41, 5.74) is 2.22. The first-order chi connectivity index (χ1) is 7.40. The third-order valence-corrected chi connectivity index (χ3v) is 2.30. The molecule has 0 saturated carbocycles. The fraction of sp³-hybridized carbons (Fsp3) is 0.250. The van der Waals surface area contributed by atoms with E-state index in [4.69, 9.17) is 0 Å². The van der Waals surface area contributed by atoms with Crippen LogP contribution in [0, 0.1) is 0 Å². The molecule has 2 aromatic rings. The van der Waals surface area contributed by atoms with Crippen LogP contribution in [0.5, 0.6) is 0 Å². The lowest BCUT2D eigenvalue weighted by atomic mass is 10.3. The molecule has 0 aliphatic carbocycles. The van der Waals surface area contributed by atoms with Crippen LogP contribution in [0.3, 0.4) is 0 Å². The normalized spacial score (nSPS) is 10.5. The maximum Gasteiger partial charge on any atom is 0.0645 e. The summed E-state index contributed by atoms with van der Waals surface area (Å²) < 4.78 is 1.91. The van der Waals surface area contributed by atoms with Gasteiger partial charge in [-0.1, -0.05) is 18.2 Å². The maximum absolute atomic E-state index is 4.49. The summed E-state index contributed by atoms with van der Waals surface area (Å²) in [4.78, 5) is 0. The van der Waals surface area contributed by atoms with Crippen molar-refractivity contribution in [2.45, 2.75) is 6.42 Å². The Balaban J connectivity index is 2.14. The van der Waals surface area contributed by atoms with Crippen molar-refractivity contribution in [1.82, 2.24) is 15.1 Å². The predicted molar refractivity (Wildman–Crippen MR) is 61.2 cm³/mol. The van der Waals surface area contributed by atoms with Crippen LogP contribution < -0.4 is 5.32 Å². The van der Waals surface area contributed by atoms with Crippen molar-refractivity contribution in [3.05, 3.63) is 48.3 Å². The molecule has 0 unspecified atom stereocenters. The molecule has 1 aromatic heterocycles. The molecule has 0 aliphatic rings. The molecule has 78 valence electrons. The molecule has 0 bridgehead atoms. The molecular formula is C12H15N3. The number of nitrogens with zero attached hydrogens (tertiary/aromatic N) is 2. The summed E-state index contributed by atoms with van der Waals surface area (Å²) in [7, 11) is 1.95. The van der Waals surface area contributed by atoms with Crippen molar-refractivity contribution in [3.63, 3.8) is 0 Å². The van der Waals surface area contributed by atoms with Crippen LogP contribution in [0.1, 0.15) is 5.69 Å². The Bertz CT molecular complexity index is 406. The Morgan fingerprint density at radius 1 is 1.20 bits per heavy atom. The molecule has 1 heterocycles. The number of rotatable bonds is 4. The zero-order valence-electron chi connectivity index (χ0n) is 8.85. The summed E-state index contributed by atoms with van der Waals surface area (Å²) in [6.07, 6.45) is 2.97. The second kappa shape index (κ2) is 4.75. The first-order valence-electron chi connectivity index (χ1n) is 5.15. The molecule has 0 aliphatic heterocycles. The minimum absolute atomic E-state index is 0.964. The number of hydrogen-bond acceptors (Lipinski definition) is 2. The minimum atomic E-state index is 0.964. The fourth-order valence-electron chi connectivity index (χ4n) is 1.47.